The Bertz CT molecular complexity index is 658. The number of methoxy groups -OCH3 is 1. The summed E-state index contributed by atoms with van der Waals surface area (Å²) < 4.78 is 10.8. The second-order valence-electron chi connectivity index (χ2n) is 6.01. The van der Waals surface area contributed by atoms with E-state index in [1.165, 1.54) is 6.08 Å². The third-order valence-electron chi connectivity index (χ3n) is 4.40. The van der Waals surface area contributed by atoms with Gasteiger partial charge in [-0.25, -0.2) is 0 Å². The number of hydrogen-bond donors (Lipinski definition) is 4. The average molecular weight is 335 g/mol. The standard InChI is InChI=1S/C17H21NO6/c1-23-10-2-3-15-11(8-10)12(4-5-24-15)18-17(22)9-6-13(19)16(21)14(20)7-9/h2-3,6,8,12-14,16,19-21H,4-5,7H2,1H3,(H,18,22)/t12-,13+,14+,16+/m0/s1. The smallest absolute Gasteiger partial charge is 0.247 e. The molecule has 0 spiro atoms. The van der Waals surface area contributed by atoms with Gasteiger partial charge >= 0.3 is 0 Å². The van der Waals surface area contributed by atoms with Crippen LogP contribution in [-0.4, -0.2) is 53.3 Å². The van der Waals surface area contributed by atoms with E-state index in [0.29, 0.717) is 24.5 Å². The number of ether oxygens (including phenoxy) is 2. The topological polar surface area (TPSA) is 108 Å². The number of carbonyl (C=O) groups is 1. The Morgan fingerprint density at radius 1 is 1.33 bits per heavy atom. The number of aliphatic hydroxyl groups excluding tert-OH is 3. The largest absolute Gasteiger partial charge is 0.497 e. The summed E-state index contributed by atoms with van der Waals surface area (Å²) >= 11 is 0. The molecule has 0 radical (unpaired) electrons. The van der Waals surface area contributed by atoms with Crippen molar-refractivity contribution < 1.29 is 29.6 Å². The maximum absolute atomic E-state index is 12.5. The van der Waals surface area contributed by atoms with Crippen molar-refractivity contribution in [2.75, 3.05) is 13.7 Å². The fourth-order valence-corrected chi connectivity index (χ4v) is 3.02. The number of aliphatic hydroxyl groups is 3. The molecule has 3 rings (SSSR count). The lowest BCUT2D eigenvalue weighted by Gasteiger charge is -2.30. The SMILES string of the molecule is COc1ccc2c(c1)[C@@H](NC(=O)C1=C[C@@H](O)[C@@H](O)[C@H](O)C1)CCO2. The zero-order valence-corrected chi connectivity index (χ0v) is 13.3. The minimum absolute atomic E-state index is 0.00174. The Kier molecular flexibility index (Phi) is 4.75. The molecule has 1 amide bonds. The van der Waals surface area contributed by atoms with E-state index in [4.69, 9.17) is 9.47 Å². The van der Waals surface area contributed by atoms with E-state index in [2.05, 4.69) is 5.32 Å². The van der Waals surface area contributed by atoms with Crippen molar-refractivity contribution in [2.45, 2.75) is 37.2 Å². The fraction of sp³-hybridized carbons (Fsp3) is 0.471. The number of carbonyl (C=O) groups excluding carboxylic acids is 1. The van der Waals surface area contributed by atoms with E-state index in [-0.39, 0.29) is 23.9 Å². The van der Waals surface area contributed by atoms with E-state index in [9.17, 15) is 20.1 Å². The summed E-state index contributed by atoms with van der Waals surface area (Å²) in [5.74, 6) is 0.991. The zero-order chi connectivity index (χ0) is 17.3. The van der Waals surface area contributed by atoms with Crippen LogP contribution in [0.25, 0.3) is 0 Å². The minimum atomic E-state index is -1.27. The van der Waals surface area contributed by atoms with Gasteiger partial charge in [-0.1, -0.05) is 0 Å². The zero-order valence-electron chi connectivity index (χ0n) is 13.3. The van der Waals surface area contributed by atoms with Gasteiger partial charge in [-0.05, 0) is 24.3 Å². The van der Waals surface area contributed by atoms with Gasteiger partial charge in [-0.15, -0.1) is 0 Å². The summed E-state index contributed by atoms with van der Waals surface area (Å²) in [6.45, 7) is 0.479. The Morgan fingerprint density at radius 2 is 2.12 bits per heavy atom. The Labute approximate surface area is 139 Å². The van der Waals surface area contributed by atoms with Crippen molar-refractivity contribution >= 4 is 5.91 Å². The molecular weight excluding hydrogens is 314 g/mol. The van der Waals surface area contributed by atoms with Crippen LogP contribution in [0.5, 0.6) is 11.5 Å². The van der Waals surface area contributed by atoms with Gasteiger partial charge in [-0.3, -0.25) is 4.79 Å². The van der Waals surface area contributed by atoms with Crippen molar-refractivity contribution in [1.29, 1.82) is 0 Å². The number of rotatable bonds is 3. The van der Waals surface area contributed by atoms with Crippen LogP contribution in [0.4, 0.5) is 0 Å². The molecule has 0 bridgehead atoms. The Hall–Kier alpha value is -2.09. The molecule has 7 heteroatoms. The molecule has 130 valence electrons. The fourth-order valence-electron chi connectivity index (χ4n) is 3.02. The molecule has 4 atom stereocenters. The summed E-state index contributed by atoms with van der Waals surface area (Å²) in [4.78, 5) is 12.5. The van der Waals surface area contributed by atoms with Gasteiger partial charge in [-0.2, -0.15) is 0 Å². The molecule has 2 aliphatic rings. The quantitative estimate of drug-likeness (QED) is 0.621. The lowest BCUT2D eigenvalue weighted by molar-refractivity contribution is -0.120. The normalized spacial score (nSPS) is 29.1. The maximum Gasteiger partial charge on any atom is 0.247 e. The molecule has 0 saturated heterocycles. The second-order valence-corrected chi connectivity index (χ2v) is 6.01. The summed E-state index contributed by atoms with van der Waals surface area (Å²) in [6.07, 6.45) is -1.79. The third kappa shape index (κ3) is 3.24. The first-order valence-corrected chi connectivity index (χ1v) is 7.86. The molecule has 0 aromatic heterocycles. The first-order valence-electron chi connectivity index (χ1n) is 7.86. The molecule has 4 N–H and O–H groups in total. The van der Waals surface area contributed by atoms with Crippen molar-refractivity contribution in [2.24, 2.45) is 0 Å². The van der Waals surface area contributed by atoms with Crippen molar-refractivity contribution in [3.05, 3.63) is 35.4 Å². The number of benzene rings is 1. The molecule has 1 aliphatic heterocycles. The second kappa shape index (κ2) is 6.80. The van der Waals surface area contributed by atoms with Crippen LogP contribution in [0.3, 0.4) is 0 Å². The summed E-state index contributed by atoms with van der Waals surface area (Å²) in [6, 6.07) is 5.16. The van der Waals surface area contributed by atoms with E-state index >= 15 is 0 Å². The molecule has 1 aromatic rings. The summed E-state index contributed by atoms with van der Waals surface area (Å²) in [5.41, 5.74) is 1.09. The molecule has 1 heterocycles. The van der Waals surface area contributed by atoms with Crippen LogP contribution in [0, 0.1) is 0 Å². The van der Waals surface area contributed by atoms with Crippen molar-refractivity contribution in [3.8, 4) is 11.5 Å². The molecule has 1 aliphatic carbocycles. The summed E-state index contributed by atoms with van der Waals surface area (Å²) in [5, 5.41) is 31.9. The van der Waals surface area contributed by atoms with Crippen LogP contribution >= 0.6 is 0 Å². The highest BCUT2D eigenvalue weighted by Crippen LogP contribution is 2.35. The first kappa shape index (κ1) is 16.8. The summed E-state index contributed by atoms with van der Waals surface area (Å²) in [7, 11) is 1.57. The number of nitrogens with one attached hydrogen (secondary N) is 1. The lowest BCUT2D eigenvalue weighted by atomic mass is 9.91. The monoisotopic (exact) mass is 335 g/mol. The number of fused-ring (bicyclic) bond motifs is 1. The van der Waals surface area contributed by atoms with Gasteiger partial charge in [0.2, 0.25) is 5.91 Å². The van der Waals surface area contributed by atoms with Gasteiger partial charge < -0.3 is 30.1 Å². The molecule has 0 unspecified atom stereocenters. The molecule has 24 heavy (non-hydrogen) atoms. The molecule has 0 saturated carbocycles. The average Bonchev–Trinajstić information content (AvgIpc) is 2.59. The third-order valence-corrected chi connectivity index (χ3v) is 4.40. The molecular formula is C17H21NO6. The van der Waals surface area contributed by atoms with Crippen LogP contribution in [0.15, 0.2) is 29.8 Å². The van der Waals surface area contributed by atoms with Crippen molar-refractivity contribution in [1.82, 2.24) is 5.32 Å². The molecule has 7 nitrogen and oxygen atoms in total. The van der Waals surface area contributed by atoms with Crippen molar-refractivity contribution in [3.63, 3.8) is 0 Å². The van der Waals surface area contributed by atoms with E-state index in [1.807, 2.05) is 6.07 Å². The van der Waals surface area contributed by atoms with E-state index in [0.717, 1.165) is 5.56 Å². The van der Waals surface area contributed by atoms with Crippen LogP contribution in [-0.2, 0) is 4.79 Å². The van der Waals surface area contributed by atoms with E-state index in [1.54, 1.807) is 19.2 Å². The van der Waals surface area contributed by atoms with Gasteiger partial charge in [0.15, 0.2) is 0 Å². The maximum atomic E-state index is 12.5. The Balaban J connectivity index is 1.78. The van der Waals surface area contributed by atoms with Gasteiger partial charge in [0.25, 0.3) is 0 Å². The van der Waals surface area contributed by atoms with Gasteiger partial charge in [0.05, 0.1) is 25.9 Å². The molecule has 1 aromatic carbocycles. The predicted molar refractivity (Wildman–Crippen MR) is 84.7 cm³/mol. The minimum Gasteiger partial charge on any atom is -0.497 e. The van der Waals surface area contributed by atoms with Crippen LogP contribution in [0.2, 0.25) is 0 Å². The molecule has 0 fully saturated rings. The number of amides is 1. The van der Waals surface area contributed by atoms with Gasteiger partial charge in [0, 0.05) is 24.0 Å². The Morgan fingerprint density at radius 3 is 2.83 bits per heavy atom. The predicted octanol–water partition coefficient (Wildman–Crippen LogP) is 0.0478. The highest BCUT2D eigenvalue weighted by atomic mass is 16.5. The van der Waals surface area contributed by atoms with Crippen LogP contribution < -0.4 is 14.8 Å². The highest BCUT2D eigenvalue weighted by molar-refractivity contribution is 5.94. The first-order chi connectivity index (χ1) is 11.5. The highest BCUT2D eigenvalue weighted by Gasteiger charge is 2.33. The lowest BCUT2D eigenvalue weighted by Crippen LogP contribution is -2.43. The van der Waals surface area contributed by atoms with Gasteiger partial charge in [0.1, 0.15) is 23.7 Å². The van der Waals surface area contributed by atoms with Crippen LogP contribution in [0.1, 0.15) is 24.4 Å². The number of hydrogen-bond acceptors (Lipinski definition) is 6. The van der Waals surface area contributed by atoms with E-state index < -0.39 is 18.3 Å².